The summed E-state index contributed by atoms with van der Waals surface area (Å²) in [4.78, 5) is 16.8. The molecule has 0 radical (unpaired) electrons. The van der Waals surface area contributed by atoms with Crippen LogP contribution in [0.15, 0.2) is 48.8 Å². The molecule has 0 amide bonds. The minimum atomic E-state index is -0.265. The lowest BCUT2D eigenvalue weighted by Gasteiger charge is -2.33. The van der Waals surface area contributed by atoms with E-state index in [9.17, 15) is 4.39 Å². The van der Waals surface area contributed by atoms with E-state index in [1.54, 1.807) is 18.5 Å². The first kappa shape index (κ1) is 26.4. The number of nitrogens with one attached hydrogen (secondary N) is 1. The SMILES string of the molecule is CN1CCN(CCC2CCc3c(sc4ncnc(Nc5ccc(OCc6ccc(F)cc6)c(Cl)c5)c34)C2)CC1. The maximum atomic E-state index is 13.1. The number of benzene rings is 2. The molecule has 0 saturated carbocycles. The Morgan fingerprint density at radius 2 is 1.92 bits per heavy atom. The van der Waals surface area contributed by atoms with Gasteiger partial charge in [0.1, 0.15) is 35.1 Å². The quantitative estimate of drug-likeness (QED) is 0.261. The van der Waals surface area contributed by atoms with E-state index in [-0.39, 0.29) is 5.82 Å². The highest BCUT2D eigenvalue weighted by Gasteiger charge is 2.26. The molecule has 0 bridgehead atoms. The van der Waals surface area contributed by atoms with Gasteiger partial charge in [0.15, 0.2) is 0 Å². The fraction of sp³-hybridized carbons (Fsp3) is 0.400. The van der Waals surface area contributed by atoms with Crippen molar-refractivity contribution in [2.24, 2.45) is 5.92 Å². The van der Waals surface area contributed by atoms with Crippen LogP contribution < -0.4 is 10.1 Å². The summed E-state index contributed by atoms with van der Waals surface area (Å²) in [5.74, 6) is 1.87. The molecule has 1 unspecified atom stereocenters. The first-order valence-electron chi connectivity index (χ1n) is 13.6. The van der Waals surface area contributed by atoms with E-state index in [1.807, 2.05) is 29.5 Å². The lowest BCUT2D eigenvalue weighted by atomic mass is 9.85. The van der Waals surface area contributed by atoms with Crippen LogP contribution >= 0.6 is 22.9 Å². The molecule has 9 heteroatoms. The number of halogens is 2. The highest BCUT2D eigenvalue weighted by atomic mass is 35.5. The van der Waals surface area contributed by atoms with E-state index >= 15 is 0 Å². The summed E-state index contributed by atoms with van der Waals surface area (Å²) in [6.07, 6.45) is 6.32. The molecule has 2 aliphatic rings. The molecule has 6 rings (SSSR count). The molecule has 4 aromatic rings. The third-order valence-corrected chi connectivity index (χ3v) is 9.36. The standard InChI is InChI=1S/C30H33ClFN5OS/c1-36-12-14-37(15-13-36)11-10-20-4-8-24-27(16-20)39-30-28(24)29(33-19-34-30)35-23-7-9-26(25(31)17-23)38-18-21-2-5-22(32)6-3-21/h2-3,5-7,9,17,19-20H,4,8,10-16,18H2,1H3,(H,33,34,35). The van der Waals surface area contributed by atoms with Crippen molar-refractivity contribution in [1.82, 2.24) is 19.8 Å². The Morgan fingerprint density at radius 1 is 1.10 bits per heavy atom. The molecule has 39 heavy (non-hydrogen) atoms. The predicted octanol–water partition coefficient (Wildman–Crippen LogP) is 6.55. The Bertz CT molecular complexity index is 1440. The summed E-state index contributed by atoms with van der Waals surface area (Å²) in [5, 5.41) is 5.12. The van der Waals surface area contributed by atoms with Crippen LogP contribution in [0, 0.1) is 11.7 Å². The summed E-state index contributed by atoms with van der Waals surface area (Å²) in [6, 6.07) is 11.9. The van der Waals surface area contributed by atoms with Crippen molar-refractivity contribution in [3.63, 3.8) is 0 Å². The molecule has 1 aliphatic heterocycles. The lowest BCUT2D eigenvalue weighted by molar-refractivity contribution is 0.145. The van der Waals surface area contributed by atoms with Gasteiger partial charge in [-0.15, -0.1) is 11.3 Å². The Hall–Kier alpha value is -2.78. The zero-order valence-electron chi connectivity index (χ0n) is 22.1. The largest absolute Gasteiger partial charge is 0.487 e. The number of aromatic nitrogens is 2. The molecule has 6 nitrogen and oxygen atoms in total. The van der Waals surface area contributed by atoms with E-state index in [2.05, 4.69) is 32.1 Å². The third kappa shape index (κ3) is 6.19. The monoisotopic (exact) mass is 565 g/mol. The fourth-order valence-corrected chi connectivity index (χ4v) is 7.07. The molecule has 3 heterocycles. The van der Waals surface area contributed by atoms with Gasteiger partial charge in [0, 0.05) is 36.7 Å². The van der Waals surface area contributed by atoms with Crippen LogP contribution in [-0.2, 0) is 19.4 Å². The number of piperazine rings is 1. The minimum Gasteiger partial charge on any atom is -0.487 e. The Morgan fingerprint density at radius 3 is 2.72 bits per heavy atom. The summed E-state index contributed by atoms with van der Waals surface area (Å²) < 4.78 is 19.0. The molecule has 1 saturated heterocycles. The molecular formula is C30H33ClFN5OS. The van der Waals surface area contributed by atoms with Gasteiger partial charge in [-0.1, -0.05) is 23.7 Å². The van der Waals surface area contributed by atoms with E-state index in [0.717, 1.165) is 46.0 Å². The number of rotatable bonds is 8. The number of anilines is 2. The molecular weight excluding hydrogens is 533 g/mol. The maximum Gasteiger partial charge on any atom is 0.142 e. The van der Waals surface area contributed by atoms with Gasteiger partial charge in [-0.3, -0.25) is 0 Å². The van der Waals surface area contributed by atoms with Crippen molar-refractivity contribution >= 4 is 44.7 Å². The zero-order valence-corrected chi connectivity index (χ0v) is 23.7. The number of aryl methyl sites for hydroxylation is 1. The van der Waals surface area contributed by atoms with Crippen molar-refractivity contribution in [1.29, 1.82) is 0 Å². The second-order valence-electron chi connectivity index (χ2n) is 10.6. The number of likely N-dealkylation sites (N-methyl/N-ethyl adjacent to an activating group) is 1. The fourth-order valence-electron chi connectivity index (χ4n) is 5.53. The van der Waals surface area contributed by atoms with E-state index < -0.39 is 0 Å². The van der Waals surface area contributed by atoms with Crippen molar-refractivity contribution in [2.75, 3.05) is 45.1 Å². The predicted molar refractivity (Wildman–Crippen MR) is 157 cm³/mol. The van der Waals surface area contributed by atoms with Gasteiger partial charge in [-0.05, 0) is 86.7 Å². The molecule has 2 aromatic carbocycles. The number of nitrogens with zero attached hydrogens (tertiary/aromatic N) is 4. The smallest absolute Gasteiger partial charge is 0.142 e. The van der Waals surface area contributed by atoms with Gasteiger partial charge >= 0.3 is 0 Å². The van der Waals surface area contributed by atoms with E-state index in [4.69, 9.17) is 16.3 Å². The molecule has 1 fully saturated rings. The molecule has 0 spiro atoms. The molecule has 1 N–H and O–H groups in total. The highest BCUT2D eigenvalue weighted by molar-refractivity contribution is 7.19. The van der Waals surface area contributed by atoms with Crippen molar-refractivity contribution in [3.8, 4) is 5.75 Å². The number of thiophene rings is 1. The molecule has 204 valence electrons. The number of hydrogen-bond acceptors (Lipinski definition) is 7. The second kappa shape index (κ2) is 11.8. The van der Waals surface area contributed by atoms with Crippen LogP contribution in [0.3, 0.4) is 0 Å². The number of fused-ring (bicyclic) bond motifs is 3. The van der Waals surface area contributed by atoms with Gasteiger partial charge in [0.2, 0.25) is 0 Å². The Kier molecular flexibility index (Phi) is 7.97. The number of ether oxygens (including phenoxy) is 1. The lowest BCUT2D eigenvalue weighted by Crippen LogP contribution is -2.45. The maximum absolute atomic E-state index is 13.1. The van der Waals surface area contributed by atoms with E-state index in [1.165, 1.54) is 68.1 Å². The number of hydrogen-bond donors (Lipinski definition) is 1. The molecule has 2 aromatic heterocycles. The third-order valence-electron chi connectivity index (χ3n) is 7.90. The summed E-state index contributed by atoms with van der Waals surface area (Å²) in [7, 11) is 2.21. The summed E-state index contributed by atoms with van der Waals surface area (Å²) in [6.45, 7) is 6.25. The highest BCUT2D eigenvalue weighted by Crippen LogP contribution is 2.41. The van der Waals surface area contributed by atoms with Crippen LogP contribution in [0.1, 0.15) is 28.8 Å². The average molecular weight is 566 g/mol. The average Bonchev–Trinajstić information content (AvgIpc) is 3.32. The Labute approximate surface area is 237 Å². The summed E-state index contributed by atoms with van der Waals surface area (Å²) in [5.41, 5.74) is 3.12. The topological polar surface area (TPSA) is 53.5 Å². The van der Waals surface area contributed by atoms with Gasteiger partial charge in [0.05, 0.1) is 10.4 Å². The van der Waals surface area contributed by atoms with Gasteiger partial charge in [0.25, 0.3) is 0 Å². The minimum absolute atomic E-state index is 0.265. The zero-order chi connectivity index (χ0) is 26.8. The van der Waals surface area contributed by atoms with Crippen LogP contribution in [0.25, 0.3) is 10.2 Å². The van der Waals surface area contributed by atoms with Gasteiger partial charge < -0.3 is 19.9 Å². The van der Waals surface area contributed by atoms with Crippen LogP contribution in [-0.4, -0.2) is 59.5 Å². The van der Waals surface area contributed by atoms with Crippen LogP contribution in [0.5, 0.6) is 5.75 Å². The molecule has 1 atom stereocenters. The first-order chi connectivity index (χ1) is 19.0. The van der Waals surface area contributed by atoms with Gasteiger partial charge in [-0.2, -0.15) is 0 Å². The van der Waals surface area contributed by atoms with Crippen molar-refractivity contribution in [2.45, 2.75) is 32.3 Å². The van der Waals surface area contributed by atoms with Gasteiger partial charge in [-0.25, -0.2) is 14.4 Å². The van der Waals surface area contributed by atoms with Crippen LogP contribution in [0.2, 0.25) is 5.02 Å². The van der Waals surface area contributed by atoms with Crippen molar-refractivity contribution in [3.05, 3.63) is 75.6 Å². The van der Waals surface area contributed by atoms with Crippen molar-refractivity contribution < 1.29 is 9.13 Å². The summed E-state index contributed by atoms with van der Waals surface area (Å²) >= 11 is 8.37. The normalized spacial score (nSPS) is 18.3. The van der Waals surface area contributed by atoms with E-state index in [0.29, 0.717) is 17.4 Å². The van der Waals surface area contributed by atoms with Crippen LogP contribution in [0.4, 0.5) is 15.9 Å². The molecule has 1 aliphatic carbocycles. The second-order valence-corrected chi connectivity index (χ2v) is 12.1. The first-order valence-corrected chi connectivity index (χ1v) is 14.8. The Balaban J connectivity index is 1.12.